The van der Waals surface area contributed by atoms with Crippen LogP contribution in [-0.2, 0) is 11.2 Å². The Balaban J connectivity index is 1.73. The van der Waals surface area contributed by atoms with Gasteiger partial charge < -0.3 is 5.11 Å². The highest BCUT2D eigenvalue weighted by atomic mass is 79.9. The van der Waals surface area contributed by atoms with E-state index in [2.05, 4.69) is 26.5 Å². The Labute approximate surface area is 162 Å². The predicted octanol–water partition coefficient (Wildman–Crippen LogP) is 3.91. The molecule has 0 atom stereocenters. The summed E-state index contributed by atoms with van der Waals surface area (Å²) in [5.74, 6) is -0.859. The topological polar surface area (TPSA) is 105 Å². The van der Waals surface area contributed by atoms with E-state index < -0.39 is 16.4 Å². The first-order valence-electron chi connectivity index (χ1n) is 7.91. The summed E-state index contributed by atoms with van der Waals surface area (Å²) in [5, 5.41) is 26.7. The summed E-state index contributed by atoms with van der Waals surface area (Å²) in [6.45, 7) is 0. The van der Waals surface area contributed by atoms with Crippen LogP contribution in [0.5, 0.6) is 5.75 Å². The van der Waals surface area contributed by atoms with E-state index >= 15 is 0 Å². The summed E-state index contributed by atoms with van der Waals surface area (Å²) < 4.78 is 0.413. The number of nitro groups is 1. The number of halogens is 1. The number of benzene rings is 3. The van der Waals surface area contributed by atoms with Crippen LogP contribution in [0.15, 0.2) is 64.2 Å². The Hall–Kier alpha value is -3.26. The minimum Gasteiger partial charge on any atom is -0.502 e. The highest BCUT2D eigenvalue weighted by Gasteiger charge is 2.17. The minimum absolute atomic E-state index is 0.113. The number of hydrogen-bond acceptors (Lipinski definition) is 5. The van der Waals surface area contributed by atoms with E-state index in [1.165, 1.54) is 12.1 Å². The van der Waals surface area contributed by atoms with Gasteiger partial charge in [0.1, 0.15) is 0 Å². The van der Waals surface area contributed by atoms with Crippen molar-refractivity contribution in [3.8, 4) is 5.75 Å². The fraction of sp³-hybridized carbons (Fsp3) is 0.0526. The first-order chi connectivity index (χ1) is 13.0. The lowest BCUT2D eigenvalue weighted by Gasteiger charge is -2.05. The van der Waals surface area contributed by atoms with Crippen LogP contribution in [0.3, 0.4) is 0 Å². The van der Waals surface area contributed by atoms with Gasteiger partial charge in [0.15, 0.2) is 0 Å². The molecule has 0 aliphatic carbocycles. The van der Waals surface area contributed by atoms with Crippen LogP contribution in [0.4, 0.5) is 5.69 Å². The van der Waals surface area contributed by atoms with Gasteiger partial charge in [-0.25, -0.2) is 5.43 Å². The van der Waals surface area contributed by atoms with E-state index in [-0.39, 0.29) is 17.9 Å². The number of nitro benzene ring substituents is 1. The first-order valence-corrected chi connectivity index (χ1v) is 8.70. The van der Waals surface area contributed by atoms with Crippen molar-refractivity contribution in [1.29, 1.82) is 0 Å². The van der Waals surface area contributed by atoms with Crippen molar-refractivity contribution in [2.45, 2.75) is 6.42 Å². The molecule has 3 aromatic rings. The summed E-state index contributed by atoms with van der Waals surface area (Å²) in [6.07, 6.45) is 1.29. The second kappa shape index (κ2) is 7.96. The molecule has 0 saturated heterocycles. The smallest absolute Gasteiger partial charge is 0.312 e. The molecular formula is C19H14BrN3O4. The Morgan fingerprint density at radius 1 is 1.22 bits per heavy atom. The number of carbonyl (C=O) groups excluding carboxylic acids is 1. The molecule has 0 bridgehead atoms. The minimum atomic E-state index is -0.698. The van der Waals surface area contributed by atoms with Gasteiger partial charge in [-0.2, -0.15) is 5.10 Å². The van der Waals surface area contributed by atoms with Crippen molar-refractivity contribution in [3.63, 3.8) is 0 Å². The van der Waals surface area contributed by atoms with Crippen molar-refractivity contribution in [2.24, 2.45) is 5.10 Å². The molecule has 3 rings (SSSR count). The zero-order valence-corrected chi connectivity index (χ0v) is 15.5. The zero-order valence-electron chi connectivity index (χ0n) is 13.9. The molecule has 0 radical (unpaired) electrons. The van der Waals surface area contributed by atoms with Gasteiger partial charge in [-0.3, -0.25) is 14.9 Å². The maximum Gasteiger partial charge on any atom is 0.312 e. The Kier molecular flexibility index (Phi) is 5.46. The Bertz CT molecular complexity index is 1060. The molecule has 136 valence electrons. The number of fused-ring (bicyclic) bond motifs is 1. The SMILES string of the molecule is O=C(Cc1cccc2ccccc12)N/N=C\c1cc(Br)cc([N+](=O)[O-])c1O. The molecule has 3 aromatic carbocycles. The Morgan fingerprint density at radius 2 is 1.96 bits per heavy atom. The summed E-state index contributed by atoms with van der Waals surface area (Å²) in [4.78, 5) is 22.4. The maximum atomic E-state index is 12.2. The fourth-order valence-electron chi connectivity index (χ4n) is 2.68. The molecule has 0 heterocycles. The predicted molar refractivity (Wildman–Crippen MR) is 106 cm³/mol. The second-order valence-electron chi connectivity index (χ2n) is 5.73. The Morgan fingerprint density at radius 3 is 2.74 bits per heavy atom. The van der Waals surface area contributed by atoms with Gasteiger partial charge in [-0.05, 0) is 22.4 Å². The maximum absolute atomic E-state index is 12.2. The average Bonchev–Trinajstić information content (AvgIpc) is 2.64. The lowest BCUT2D eigenvalue weighted by molar-refractivity contribution is -0.385. The molecule has 0 unspecified atom stereocenters. The first kappa shape index (κ1) is 18.5. The molecule has 0 saturated carbocycles. The van der Waals surface area contributed by atoms with Gasteiger partial charge in [0.2, 0.25) is 11.7 Å². The van der Waals surface area contributed by atoms with E-state index in [9.17, 15) is 20.0 Å². The summed E-state index contributed by atoms with van der Waals surface area (Å²) in [5.41, 5.74) is 2.90. The van der Waals surface area contributed by atoms with Crippen LogP contribution >= 0.6 is 15.9 Å². The van der Waals surface area contributed by atoms with Crippen molar-refractivity contribution in [2.75, 3.05) is 0 Å². The van der Waals surface area contributed by atoms with Gasteiger partial charge in [0, 0.05) is 16.1 Å². The molecular weight excluding hydrogens is 414 g/mol. The van der Waals surface area contributed by atoms with Crippen LogP contribution < -0.4 is 5.43 Å². The van der Waals surface area contributed by atoms with E-state index in [1.807, 2.05) is 42.5 Å². The van der Waals surface area contributed by atoms with Crippen molar-refractivity contribution in [3.05, 3.63) is 80.3 Å². The molecule has 0 aromatic heterocycles. The van der Waals surface area contributed by atoms with E-state index in [4.69, 9.17) is 0 Å². The molecule has 0 fully saturated rings. The van der Waals surface area contributed by atoms with Crippen LogP contribution in [0.2, 0.25) is 0 Å². The van der Waals surface area contributed by atoms with Crippen LogP contribution in [0, 0.1) is 10.1 Å². The number of phenolic OH excluding ortho intramolecular Hbond substituents is 1. The zero-order chi connectivity index (χ0) is 19.4. The van der Waals surface area contributed by atoms with E-state index in [0.717, 1.165) is 22.6 Å². The summed E-state index contributed by atoms with van der Waals surface area (Å²) >= 11 is 3.14. The van der Waals surface area contributed by atoms with Gasteiger partial charge in [0.05, 0.1) is 17.6 Å². The molecule has 7 nitrogen and oxygen atoms in total. The van der Waals surface area contributed by atoms with Crippen LogP contribution in [0.1, 0.15) is 11.1 Å². The monoisotopic (exact) mass is 427 g/mol. The third-order valence-electron chi connectivity index (χ3n) is 3.90. The molecule has 27 heavy (non-hydrogen) atoms. The number of hydrogen-bond donors (Lipinski definition) is 2. The quantitative estimate of drug-likeness (QED) is 0.365. The fourth-order valence-corrected chi connectivity index (χ4v) is 3.14. The van der Waals surface area contributed by atoms with Crippen molar-refractivity contribution < 1.29 is 14.8 Å². The number of rotatable bonds is 5. The molecule has 1 amide bonds. The lowest BCUT2D eigenvalue weighted by atomic mass is 10.0. The van der Waals surface area contributed by atoms with Gasteiger partial charge in [-0.15, -0.1) is 0 Å². The number of amides is 1. The van der Waals surface area contributed by atoms with Crippen molar-refractivity contribution >= 4 is 44.5 Å². The number of carbonyl (C=O) groups is 1. The number of phenols is 1. The van der Waals surface area contributed by atoms with Crippen LogP contribution in [0.25, 0.3) is 10.8 Å². The summed E-state index contributed by atoms with van der Waals surface area (Å²) in [7, 11) is 0. The molecule has 8 heteroatoms. The van der Waals surface area contributed by atoms with Crippen LogP contribution in [-0.4, -0.2) is 22.2 Å². The molecule has 0 aliphatic heterocycles. The number of nitrogens with one attached hydrogen (secondary N) is 1. The third kappa shape index (κ3) is 4.29. The molecule has 2 N–H and O–H groups in total. The standard InChI is InChI=1S/C19H14BrN3O4/c20-15-8-14(19(25)17(10-15)23(26)27)11-21-22-18(24)9-13-6-3-5-12-4-1-2-7-16(12)13/h1-8,10-11,25H,9H2,(H,22,24)/b21-11-. The highest BCUT2D eigenvalue weighted by Crippen LogP contribution is 2.32. The second-order valence-corrected chi connectivity index (χ2v) is 6.64. The van der Waals surface area contributed by atoms with E-state index in [1.54, 1.807) is 0 Å². The number of aromatic hydroxyl groups is 1. The molecule has 0 spiro atoms. The lowest BCUT2D eigenvalue weighted by Crippen LogP contribution is -2.19. The number of hydrazone groups is 1. The number of nitrogens with zero attached hydrogens (tertiary/aromatic N) is 2. The van der Waals surface area contributed by atoms with Gasteiger partial charge in [0.25, 0.3) is 0 Å². The average molecular weight is 428 g/mol. The van der Waals surface area contributed by atoms with Gasteiger partial charge >= 0.3 is 5.69 Å². The van der Waals surface area contributed by atoms with E-state index in [0.29, 0.717) is 4.47 Å². The third-order valence-corrected chi connectivity index (χ3v) is 4.36. The highest BCUT2D eigenvalue weighted by molar-refractivity contribution is 9.10. The normalized spacial score (nSPS) is 11.0. The molecule has 0 aliphatic rings. The van der Waals surface area contributed by atoms with Gasteiger partial charge in [-0.1, -0.05) is 58.4 Å². The van der Waals surface area contributed by atoms with Crippen molar-refractivity contribution in [1.82, 2.24) is 5.43 Å². The summed E-state index contributed by atoms with van der Waals surface area (Å²) in [6, 6.07) is 16.1. The largest absolute Gasteiger partial charge is 0.502 e.